The van der Waals surface area contributed by atoms with Gasteiger partial charge in [-0.15, -0.1) is 11.8 Å². The number of hydrogen-bond donors (Lipinski definition) is 3. The lowest BCUT2D eigenvalue weighted by Crippen LogP contribution is -2.61. The molecule has 8 heteroatoms. The van der Waals surface area contributed by atoms with Gasteiger partial charge in [0.2, 0.25) is 0 Å². The van der Waals surface area contributed by atoms with Crippen molar-refractivity contribution in [1.29, 1.82) is 0 Å². The van der Waals surface area contributed by atoms with Gasteiger partial charge < -0.3 is 20.4 Å². The quantitative estimate of drug-likeness (QED) is 0.538. The van der Waals surface area contributed by atoms with Crippen molar-refractivity contribution in [2.24, 2.45) is 23.7 Å². The molecule has 3 unspecified atom stereocenters. The van der Waals surface area contributed by atoms with E-state index >= 15 is 0 Å². The van der Waals surface area contributed by atoms with Crippen molar-refractivity contribution in [3.63, 3.8) is 0 Å². The zero-order chi connectivity index (χ0) is 22.5. The summed E-state index contributed by atoms with van der Waals surface area (Å²) in [5, 5.41) is 24.2. The molecule has 1 aromatic rings. The fourth-order valence-corrected chi connectivity index (χ4v) is 7.58. The van der Waals surface area contributed by atoms with Gasteiger partial charge >= 0.3 is 5.97 Å². The van der Waals surface area contributed by atoms with E-state index in [0.717, 1.165) is 55.1 Å². The number of carboxylic acid groups (broad SMARTS) is 1. The molecule has 174 valence electrons. The first-order valence-corrected chi connectivity index (χ1v) is 13.0. The zero-order valence-corrected chi connectivity index (χ0v) is 19.4. The number of carbonyl (C=O) groups is 2. The van der Waals surface area contributed by atoms with Crippen LogP contribution >= 0.6 is 11.8 Å². The van der Waals surface area contributed by atoms with Gasteiger partial charge in [0.1, 0.15) is 10.8 Å². The Morgan fingerprint density at radius 3 is 2.62 bits per heavy atom. The van der Waals surface area contributed by atoms with Crippen molar-refractivity contribution in [3.05, 3.63) is 17.7 Å². The Morgan fingerprint density at radius 2 is 2.00 bits per heavy atom. The summed E-state index contributed by atoms with van der Waals surface area (Å²) in [6.45, 7) is 3.23. The monoisotopic (exact) mass is 459 g/mol. The first-order valence-electron chi connectivity index (χ1n) is 12.0. The van der Waals surface area contributed by atoms with Crippen molar-refractivity contribution in [2.45, 2.75) is 68.5 Å². The number of rotatable bonds is 7. The molecular formula is C24H33N3O4S. The van der Waals surface area contributed by atoms with Crippen LogP contribution in [0.4, 0.5) is 5.82 Å². The average molecular weight is 460 g/mol. The predicted octanol–water partition coefficient (Wildman–Crippen LogP) is 3.16. The molecule has 5 aliphatic rings. The highest BCUT2D eigenvalue weighted by Gasteiger charge is 2.55. The van der Waals surface area contributed by atoms with Gasteiger partial charge in [0, 0.05) is 19.1 Å². The summed E-state index contributed by atoms with van der Waals surface area (Å²) in [5.74, 6) is 1.77. The molecule has 3 N–H and O–H groups in total. The molecule has 4 aliphatic carbocycles. The van der Waals surface area contributed by atoms with Gasteiger partial charge in [-0.2, -0.15) is 0 Å². The van der Waals surface area contributed by atoms with Crippen LogP contribution in [-0.4, -0.2) is 57.6 Å². The van der Waals surface area contributed by atoms with Crippen LogP contribution in [0, 0.1) is 23.7 Å². The molecule has 0 aromatic carbocycles. The molecule has 32 heavy (non-hydrogen) atoms. The standard InChI is InChI=1S/C24H33N3O4S/c1-2-7-32-22-18(3-4-19(25-22)27-6-5-15(13-27)23(29)30)21(28)26-20-16-8-14-9-17(20)12-24(31,10-14)11-16/h3-4,14-17,20,31H,2,5-13H2,1H3,(H,26,28)(H,29,30). The maximum atomic E-state index is 13.4. The molecular weight excluding hydrogens is 426 g/mol. The SMILES string of the molecule is CCCSc1nc(N2CCC(C(=O)O)C2)ccc1C(=O)NC1C2CC3CC1CC(O)(C3)C2. The molecule has 1 aromatic heterocycles. The van der Waals surface area contributed by atoms with E-state index in [1.165, 1.54) is 0 Å². The molecule has 1 saturated heterocycles. The van der Waals surface area contributed by atoms with E-state index in [2.05, 4.69) is 12.2 Å². The molecule has 2 heterocycles. The minimum atomic E-state index is -0.760. The Kier molecular flexibility index (Phi) is 5.86. The van der Waals surface area contributed by atoms with Crippen molar-refractivity contribution < 1.29 is 19.8 Å². The topological polar surface area (TPSA) is 103 Å². The lowest BCUT2D eigenvalue weighted by atomic mass is 9.52. The van der Waals surface area contributed by atoms with E-state index in [1.54, 1.807) is 11.8 Å². The smallest absolute Gasteiger partial charge is 0.308 e. The molecule has 7 nitrogen and oxygen atoms in total. The van der Waals surface area contributed by atoms with Crippen molar-refractivity contribution >= 4 is 29.5 Å². The number of aromatic nitrogens is 1. The first kappa shape index (κ1) is 22.0. The maximum absolute atomic E-state index is 13.4. The number of hydrogen-bond acceptors (Lipinski definition) is 6. The molecule has 1 amide bonds. The number of nitrogens with zero attached hydrogens (tertiary/aromatic N) is 2. The van der Waals surface area contributed by atoms with Crippen LogP contribution in [0.5, 0.6) is 0 Å². The summed E-state index contributed by atoms with van der Waals surface area (Å²) >= 11 is 1.59. The minimum absolute atomic E-state index is 0.0723. The van der Waals surface area contributed by atoms with Gasteiger partial charge in [0.15, 0.2) is 0 Å². The van der Waals surface area contributed by atoms with Gasteiger partial charge in [-0.25, -0.2) is 4.98 Å². The number of thioether (sulfide) groups is 1. The molecule has 4 bridgehead atoms. The maximum Gasteiger partial charge on any atom is 0.308 e. The number of amides is 1. The summed E-state index contributed by atoms with van der Waals surface area (Å²) < 4.78 is 0. The molecule has 5 fully saturated rings. The van der Waals surface area contributed by atoms with Crippen LogP contribution in [0.15, 0.2) is 17.2 Å². The van der Waals surface area contributed by atoms with Crippen LogP contribution in [-0.2, 0) is 4.79 Å². The number of aliphatic hydroxyl groups is 1. The number of nitrogens with one attached hydrogen (secondary N) is 1. The van der Waals surface area contributed by atoms with Crippen LogP contribution < -0.4 is 10.2 Å². The number of carbonyl (C=O) groups excluding carboxylic acids is 1. The van der Waals surface area contributed by atoms with Crippen molar-refractivity contribution in [1.82, 2.24) is 10.3 Å². The fraction of sp³-hybridized carbons (Fsp3) is 0.708. The van der Waals surface area contributed by atoms with E-state index in [0.29, 0.717) is 42.8 Å². The molecule has 4 saturated carbocycles. The Morgan fingerprint density at radius 1 is 1.25 bits per heavy atom. The third-order valence-electron chi connectivity index (χ3n) is 7.93. The number of carboxylic acids is 1. The van der Waals surface area contributed by atoms with Crippen molar-refractivity contribution in [2.75, 3.05) is 23.7 Å². The second-order valence-electron chi connectivity index (χ2n) is 10.3. The summed E-state index contributed by atoms with van der Waals surface area (Å²) in [7, 11) is 0. The second kappa shape index (κ2) is 8.52. The van der Waals surface area contributed by atoms with Gasteiger partial charge in [-0.3, -0.25) is 9.59 Å². The van der Waals surface area contributed by atoms with Gasteiger partial charge in [-0.1, -0.05) is 6.92 Å². The predicted molar refractivity (Wildman–Crippen MR) is 123 cm³/mol. The molecule has 0 spiro atoms. The van der Waals surface area contributed by atoms with E-state index in [4.69, 9.17) is 4.98 Å². The largest absolute Gasteiger partial charge is 0.481 e. The van der Waals surface area contributed by atoms with Crippen LogP contribution in [0.3, 0.4) is 0 Å². The minimum Gasteiger partial charge on any atom is -0.481 e. The fourth-order valence-electron chi connectivity index (χ4n) is 6.70. The summed E-state index contributed by atoms with van der Waals surface area (Å²) in [4.78, 5) is 31.5. The number of aliphatic carboxylic acids is 1. The van der Waals surface area contributed by atoms with E-state index < -0.39 is 11.6 Å². The molecule has 3 atom stereocenters. The highest BCUT2D eigenvalue weighted by atomic mass is 32.2. The molecule has 0 radical (unpaired) electrons. The highest BCUT2D eigenvalue weighted by Crippen LogP contribution is 2.55. The third-order valence-corrected chi connectivity index (χ3v) is 9.13. The first-order chi connectivity index (χ1) is 15.3. The van der Waals surface area contributed by atoms with Crippen molar-refractivity contribution in [3.8, 4) is 0 Å². The Hall–Kier alpha value is -1.80. The van der Waals surface area contributed by atoms with E-state index in [9.17, 15) is 19.8 Å². The number of pyridine rings is 1. The third kappa shape index (κ3) is 4.12. The Balaban J connectivity index is 1.33. The summed E-state index contributed by atoms with van der Waals surface area (Å²) in [5.41, 5.74) is 0.0979. The summed E-state index contributed by atoms with van der Waals surface area (Å²) in [6, 6.07) is 3.85. The van der Waals surface area contributed by atoms with Gasteiger partial charge in [-0.05, 0) is 80.6 Å². The summed E-state index contributed by atoms with van der Waals surface area (Å²) in [6.07, 6.45) is 6.36. The van der Waals surface area contributed by atoms with Crippen LogP contribution in [0.1, 0.15) is 62.2 Å². The molecule has 1 aliphatic heterocycles. The van der Waals surface area contributed by atoms with E-state index in [1.807, 2.05) is 17.0 Å². The lowest BCUT2D eigenvalue weighted by Gasteiger charge is -2.58. The normalized spacial score (nSPS) is 35.3. The number of anilines is 1. The van der Waals surface area contributed by atoms with E-state index in [-0.39, 0.29) is 17.9 Å². The lowest BCUT2D eigenvalue weighted by molar-refractivity contribution is -0.141. The van der Waals surface area contributed by atoms with Gasteiger partial charge in [0.25, 0.3) is 5.91 Å². The molecule has 6 rings (SSSR count). The Labute approximate surface area is 193 Å². The van der Waals surface area contributed by atoms with Crippen LogP contribution in [0.2, 0.25) is 0 Å². The second-order valence-corrected chi connectivity index (χ2v) is 11.4. The van der Waals surface area contributed by atoms with Crippen LogP contribution in [0.25, 0.3) is 0 Å². The zero-order valence-electron chi connectivity index (χ0n) is 18.6. The average Bonchev–Trinajstić information content (AvgIpc) is 3.24. The highest BCUT2D eigenvalue weighted by molar-refractivity contribution is 7.99. The Bertz CT molecular complexity index is 893. The van der Waals surface area contributed by atoms with Gasteiger partial charge in [0.05, 0.1) is 17.1 Å².